The molecule has 2 aromatic rings. The number of carbonyl (C=O) groups excluding carboxylic acids is 8. The summed E-state index contributed by atoms with van der Waals surface area (Å²) in [5.74, 6) is -5.84. The minimum Gasteiger partial charge on any atom is -0.480 e. The number of para-hydroxylation sites is 1. The van der Waals surface area contributed by atoms with Crippen LogP contribution in [-0.2, 0) is 55.0 Å². The van der Waals surface area contributed by atoms with E-state index in [0.29, 0.717) is 34.4 Å². The third-order valence-corrected chi connectivity index (χ3v) is 11.5. The predicted octanol–water partition coefficient (Wildman–Crippen LogP) is -1.71. The minimum absolute atomic E-state index is 0.00708. The van der Waals surface area contributed by atoms with Gasteiger partial charge in [-0.2, -0.15) is 0 Å². The summed E-state index contributed by atoms with van der Waals surface area (Å²) >= 11 is 0. The monoisotopic (exact) mass is 846 g/mol. The average molecular weight is 847 g/mol. The van der Waals surface area contributed by atoms with Crippen molar-refractivity contribution in [2.75, 3.05) is 18.4 Å². The van der Waals surface area contributed by atoms with E-state index in [1.807, 2.05) is 19.1 Å². The fourth-order valence-electron chi connectivity index (χ4n) is 8.41. The summed E-state index contributed by atoms with van der Waals surface area (Å²) < 4.78 is 6.74. The molecule has 2 aromatic carbocycles. The summed E-state index contributed by atoms with van der Waals surface area (Å²) in [7, 11) is 0. The molecule has 0 aliphatic carbocycles. The number of ether oxygens (including phenoxy) is 1. The van der Waals surface area contributed by atoms with Crippen LogP contribution in [0.25, 0.3) is 0 Å². The molecule has 2 bridgehead atoms. The second-order valence-electron chi connectivity index (χ2n) is 15.8. The van der Waals surface area contributed by atoms with Crippen LogP contribution in [-0.4, -0.2) is 113 Å². The Hall–Kier alpha value is -6.57. The van der Waals surface area contributed by atoms with Crippen LogP contribution in [0, 0.1) is 5.92 Å². The highest BCUT2D eigenvalue weighted by Crippen LogP contribution is 2.57. The van der Waals surface area contributed by atoms with Crippen molar-refractivity contribution in [3.63, 3.8) is 0 Å². The normalized spacial score (nSPS) is 25.8. The van der Waals surface area contributed by atoms with Crippen LogP contribution in [0.5, 0.6) is 5.75 Å². The molecule has 0 spiro atoms. The lowest BCUT2D eigenvalue weighted by molar-refractivity contribution is -0.141. The fourth-order valence-corrected chi connectivity index (χ4v) is 8.41. The first-order valence-electron chi connectivity index (χ1n) is 20.1. The second kappa shape index (κ2) is 18.4. The van der Waals surface area contributed by atoms with E-state index in [1.165, 1.54) is 6.92 Å². The smallest absolute Gasteiger partial charge is 0.325 e. The lowest BCUT2D eigenvalue weighted by Gasteiger charge is -2.33. The molecule has 0 aromatic heterocycles. The molecule has 20 heteroatoms. The highest BCUT2D eigenvalue weighted by molar-refractivity contribution is 5.96. The molecular formula is C41H50N8O12. The summed E-state index contributed by atoms with van der Waals surface area (Å²) in [6, 6.07) is 4.20. The summed E-state index contributed by atoms with van der Waals surface area (Å²) in [6.07, 6.45) is -1.69. The number of hydrogen-bond donors (Lipinski definition) is 10. The fraction of sp³-hybridized carbons (Fsp3) is 0.488. The third kappa shape index (κ3) is 9.28. The molecular weight excluding hydrogens is 796 g/mol. The zero-order valence-corrected chi connectivity index (χ0v) is 33.8. The molecule has 4 aliphatic heterocycles. The highest BCUT2D eigenvalue weighted by atomic mass is 16.5. The number of benzene rings is 2. The van der Waals surface area contributed by atoms with E-state index in [-0.39, 0.29) is 55.9 Å². The number of nitrogens with one attached hydrogen (secondary N) is 8. The number of carboxylic acid groups (broad SMARTS) is 1. The van der Waals surface area contributed by atoms with Crippen LogP contribution in [0.15, 0.2) is 36.4 Å². The van der Waals surface area contributed by atoms with Crippen LogP contribution < -0.4 is 47.3 Å². The third-order valence-electron chi connectivity index (χ3n) is 11.5. The van der Waals surface area contributed by atoms with E-state index in [1.54, 1.807) is 31.2 Å². The molecule has 0 saturated carbocycles. The molecule has 10 N–H and O–H groups in total. The Morgan fingerprint density at radius 3 is 2.43 bits per heavy atom. The van der Waals surface area contributed by atoms with Gasteiger partial charge in [0.2, 0.25) is 41.4 Å². The first kappa shape index (κ1) is 44.0. The van der Waals surface area contributed by atoms with Gasteiger partial charge in [0, 0.05) is 24.1 Å². The number of amides is 7. The minimum atomic E-state index is -1.75. The predicted molar refractivity (Wildman–Crippen MR) is 213 cm³/mol. The van der Waals surface area contributed by atoms with Crippen molar-refractivity contribution in [3.05, 3.63) is 58.7 Å². The van der Waals surface area contributed by atoms with Crippen molar-refractivity contribution in [1.82, 2.24) is 37.2 Å². The van der Waals surface area contributed by atoms with Crippen molar-refractivity contribution >= 4 is 59.3 Å². The zero-order valence-electron chi connectivity index (χ0n) is 33.8. The van der Waals surface area contributed by atoms with E-state index in [4.69, 9.17) is 4.74 Å². The molecule has 8 unspecified atom stereocenters. The highest BCUT2D eigenvalue weighted by Gasteiger charge is 2.58. The molecule has 1 fully saturated rings. The maximum atomic E-state index is 14.0. The van der Waals surface area contributed by atoms with Gasteiger partial charge in [-0.3, -0.25) is 38.4 Å². The first-order valence-corrected chi connectivity index (χ1v) is 20.1. The molecule has 1 saturated heterocycles. The number of carbonyl (C=O) groups is 9. The van der Waals surface area contributed by atoms with Gasteiger partial charge in [0.15, 0.2) is 6.23 Å². The molecule has 4 heterocycles. The van der Waals surface area contributed by atoms with Gasteiger partial charge >= 0.3 is 5.97 Å². The maximum Gasteiger partial charge on any atom is 0.325 e. The number of rotatable bonds is 14. The van der Waals surface area contributed by atoms with Crippen molar-refractivity contribution in [3.8, 4) is 5.75 Å². The van der Waals surface area contributed by atoms with Gasteiger partial charge in [0.25, 0.3) is 0 Å². The number of aldehydes is 1. The van der Waals surface area contributed by atoms with Crippen molar-refractivity contribution < 1.29 is 58.1 Å². The van der Waals surface area contributed by atoms with E-state index >= 15 is 0 Å². The molecule has 7 amide bonds. The Kier molecular flexibility index (Phi) is 13.2. The second-order valence-corrected chi connectivity index (χ2v) is 15.8. The van der Waals surface area contributed by atoms with E-state index in [0.717, 1.165) is 0 Å². The standard InChI is InChI=1S/C41H50N8O12/c1-4-29(51)46-28(35(55)43-18-31(53)44-20(3)39(59)60)17-41-23-7-5-6-8-25(23)48-40(41)61-34-22-13-19(2)14-27(47-36(56)26-9-10-30(52)45-26)37(57)49-32(38(58)42-11-12-50)33(54)21(15-22)16-24(34)41/h5-8,12,15-16,19-20,26-28,32-33,40,48,54H,4,9-11,13-14,17-18H2,1-3H3,(H,42,58)(H,43,55)(H,44,53)(H,45,52)(H,46,51)(H,47,56)(H,49,57)(H,59,60)/t19?,20?,26?,27?,28?,32?,33?,40?,41-/m0/s1. The van der Waals surface area contributed by atoms with E-state index in [2.05, 4.69) is 42.5 Å². The summed E-state index contributed by atoms with van der Waals surface area (Å²) in [4.78, 5) is 115. The zero-order chi connectivity index (χ0) is 44.2. The number of aliphatic hydroxyl groups is 1. The van der Waals surface area contributed by atoms with E-state index < -0.39 is 102 Å². The van der Waals surface area contributed by atoms with Gasteiger partial charge < -0.3 is 62.3 Å². The molecule has 61 heavy (non-hydrogen) atoms. The van der Waals surface area contributed by atoms with Crippen molar-refractivity contribution in [2.24, 2.45) is 5.92 Å². The summed E-state index contributed by atoms with van der Waals surface area (Å²) in [5.41, 5.74) is 1.24. The van der Waals surface area contributed by atoms with Gasteiger partial charge in [0.05, 0.1) is 18.5 Å². The van der Waals surface area contributed by atoms with Crippen LogP contribution in [0.2, 0.25) is 0 Å². The molecule has 0 radical (unpaired) electrons. The van der Waals surface area contributed by atoms with E-state index in [9.17, 15) is 53.4 Å². The average Bonchev–Trinajstić information content (AvgIpc) is 3.90. The van der Waals surface area contributed by atoms with Crippen LogP contribution in [0.3, 0.4) is 0 Å². The van der Waals surface area contributed by atoms with Crippen molar-refractivity contribution in [2.45, 2.75) is 107 Å². The molecule has 4 aliphatic rings. The molecule has 9 atom stereocenters. The lowest BCUT2D eigenvalue weighted by Crippen LogP contribution is -2.57. The van der Waals surface area contributed by atoms with Gasteiger partial charge in [-0.25, -0.2) is 0 Å². The lowest BCUT2D eigenvalue weighted by atomic mass is 9.70. The van der Waals surface area contributed by atoms with Crippen LogP contribution in [0.1, 0.15) is 81.2 Å². The number of anilines is 1. The Labute approximate surface area is 350 Å². The SMILES string of the molecule is CCC(=O)NC(C[C@@]12c3ccccc3NC1Oc1c3cc(cc12)C(O)C(C(=O)NCC=O)NC(=O)C(NC(=O)C1CCC(=O)N1)CC(C)C3)C(=O)NCC(=O)NC(C)C(=O)O. The summed E-state index contributed by atoms with van der Waals surface area (Å²) in [6.45, 7) is 3.69. The molecule has 20 nitrogen and oxygen atoms in total. The van der Waals surface area contributed by atoms with Gasteiger partial charge in [-0.1, -0.05) is 32.0 Å². The molecule has 6 rings (SSSR count). The number of aliphatic hydroxyl groups excluding tert-OH is 1. The maximum absolute atomic E-state index is 14.0. The largest absolute Gasteiger partial charge is 0.480 e. The molecule has 326 valence electrons. The van der Waals surface area contributed by atoms with Gasteiger partial charge in [-0.05, 0) is 73.4 Å². The number of hydrogen-bond acceptors (Lipinski definition) is 12. The first-order chi connectivity index (χ1) is 29.1. The van der Waals surface area contributed by atoms with Crippen LogP contribution in [0.4, 0.5) is 5.69 Å². The van der Waals surface area contributed by atoms with Gasteiger partial charge in [0.1, 0.15) is 48.3 Å². The Balaban J connectivity index is 1.43. The quantitative estimate of drug-likeness (QED) is 0.0949. The Bertz CT molecular complexity index is 2130. The number of fused-ring (bicyclic) bond motifs is 8. The Morgan fingerprint density at radius 1 is 0.984 bits per heavy atom. The number of carboxylic acids is 1. The van der Waals surface area contributed by atoms with Crippen molar-refractivity contribution in [1.29, 1.82) is 0 Å². The van der Waals surface area contributed by atoms with Crippen LogP contribution >= 0.6 is 0 Å². The Morgan fingerprint density at radius 2 is 1.74 bits per heavy atom. The number of aliphatic carboxylic acids is 1. The topological polar surface area (TPSA) is 300 Å². The van der Waals surface area contributed by atoms with Gasteiger partial charge in [-0.15, -0.1) is 0 Å². The summed E-state index contributed by atoms with van der Waals surface area (Å²) in [5, 5.41) is 42.5.